The van der Waals surface area contributed by atoms with Crippen molar-refractivity contribution in [2.45, 2.75) is 59.4 Å². The topological polar surface area (TPSA) is 42.9 Å². The number of piperazine rings is 1. The summed E-state index contributed by atoms with van der Waals surface area (Å²) in [5.74, 6) is 1.77. The van der Waals surface area contributed by atoms with Crippen molar-refractivity contribution in [2.75, 3.05) is 52.9 Å². The lowest BCUT2D eigenvalue weighted by Crippen LogP contribution is -2.52. The zero-order valence-corrected chi connectivity index (χ0v) is 20.0. The Morgan fingerprint density at radius 1 is 1.08 bits per heavy atom. The summed E-state index contributed by atoms with van der Waals surface area (Å²) in [5, 5.41) is 7.02. The highest BCUT2D eigenvalue weighted by atomic mass is 127. The van der Waals surface area contributed by atoms with Crippen LogP contribution in [0.2, 0.25) is 0 Å². The number of likely N-dealkylation sites (N-methyl/N-ethyl adjacent to an activating group) is 1. The van der Waals surface area contributed by atoms with Gasteiger partial charge in [0.05, 0.1) is 0 Å². The average molecular weight is 479 g/mol. The molecule has 154 valence electrons. The fraction of sp³-hybridized carbons (Fsp3) is 0.950. The molecule has 26 heavy (non-hydrogen) atoms. The molecule has 1 saturated carbocycles. The molecule has 0 aromatic carbocycles. The minimum absolute atomic E-state index is 0. The molecule has 2 rings (SSSR count). The van der Waals surface area contributed by atoms with Crippen LogP contribution in [0.5, 0.6) is 0 Å². The van der Waals surface area contributed by atoms with E-state index < -0.39 is 0 Å². The fourth-order valence-corrected chi connectivity index (χ4v) is 4.19. The van der Waals surface area contributed by atoms with Crippen LogP contribution >= 0.6 is 24.0 Å². The van der Waals surface area contributed by atoms with Crippen LogP contribution in [-0.2, 0) is 0 Å². The van der Waals surface area contributed by atoms with Crippen LogP contribution < -0.4 is 10.6 Å². The van der Waals surface area contributed by atoms with Gasteiger partial charge < -0.3 is 15.5 Å². The van der Waals surface area contributed by atoms with Crippen LogP contribution in [0.15, 0.2) is 4.99 Å². The number of hydrogen-bond donors (Lipinski definition) is 2. The second-order valence-electron chi connectivity index (χ2n) is 8.72. The Labute approximate surface area is 178 Å². The smallest absolute Gasteiger partial charge is 0.191 e. The largest absolute Gasteiger partial charge is 0.357 e. The highest BCUT2D eigenvalue weighted by molar-refractivity contribution is 14.0. The van der Waals surface area contributed by atoms with Gasteiger partial charge in [-0.1, -0.05) is 20.3 Å². The lowest BCUT2D eigenvalue weighted by molar-refractivity contribution is 0.111. The highest BCUT2D eigenvalue weighted by Crippen LogP contribution is 2.46. The van der Waals surface area contributed by atoms with Crippen LogP contribution in [-0.4, -0.2) is 74.7 Å². The summed E-state index contributed by atoms with van der Waals surface area (Å²) in [7, 11) is 2.21. The van der Waals surface area contributed by atoms with Crippen molar-refractivity contribution in [2.24, 2.45) is 16.3 Å². The van der Waals surface area contributed by atoms with Crippen molar-refractivity contribution in [1.29, 1.82) is 0 Å². The van der Waals surface area contributed by atoms with Crippen LogP contribution in [0.1, 0.15) is 53.4 Å². The molecule has 0 bridgehead atoms. The monoisotopic (exact) mass is 479 g/mol. The van der Waals surface area contributed by atoms with Crippen molar-refractivity contribution in [1.82, 2.24) is 20.4 Å². The SMILES string of the molecule is CCNC(=NCC1(CC(C)C)CCC1)NCC(C)N1CCN(C)CC1.I. The summed E-state index contributed by atoms with van der Waals surface area (Å²) in [6.07, 6.45) is 5.40. The Kier molecular flexibility index (Phi) is 10.8. The highest BCUT2D eigenvalue weighted by Gasteiger charge is 2.37. The lowest BCUT2D eigenvalue weighted by atomic mass is 9.64. The maximum Gasteiger partial charge on any atom is 0.191 e. The molecule has 0 aromatic rings. The van der Waals surface area contributed by atoms with Crippen LogP contribution in [0.25, 0.3) is 0 Å². The first-order chi connectivity index (χ1) is 11.9. The zero-order valence-electron chi connectivity index (χ0n) is 17.7. The maximum atomic E-state index is 4.96. The van der Waals surface area contributed by atoms with Crippen LogP contribution in [0.3, 0.4) is 0 Å². The Bertz CT molecular complexity index is 414. The second-order valence-corrected chi connectivity index (χ2v) is 8.72. The molecule has 0 spiro atoms. The third kappa shape index (κ3) is 7.50. The molecule has 0 radical (unpaired) electrons. The van der Waals surface area contributed by atoms with Crippen LogP contribution in [0, 0.1) is 11.3 Å². The zero-order chi connectivity index (χ0) is 18.3. The van der Waals surface area contributed by atoms with Crippen molar-refractivity contribution in [3.05, 3.63) is 0 Å². The molecule has 6 heteroatoms. The number of hydrogen-bond acceptors (Lipinski definition) is 3. The number of halogens is 1. The number of guanidine groups is 1. The van der Waals surface area contributed by atoms with E-state index in [4.69, 9.17) is 4.99 Å². The molecule has 2 N–H and O–H groups in total. The molecule has 2 aliphatic rings. The summed E-state index contributed by atoms with van der Waals surface area (Å²) >= 11 is 0. The Morgan fingerprint density at radius 2 is 1.73 bits per heavy atom. The van der Waals surface area contributed by atoms with Gasteiger partial charge in [0.25, 0.3) is 0 Å². The minimum Gasteiger partial charge on any atom is -0.357 e. The third-order valence-corrected chi connectivity index (χ3v) is 5.90. The first-order valence-electron chi connectivity index (χ1n) is 10.4. The summed E-state index contributed by atoms with van der Waals surface area (Å²) in [5.41, 5.74) is 0.472. The van der Waals surface area contributed by atoms with E-state index >= 15 is 0 Å². The number of aliphatic imine (C=N–C) groups is 1. The van der Waals surface area contributed by atoms with E-state index in [1.807, 2.05) is 0 Å². The lowest BCUT2D eigenvalue weighted by Gasteiger charge is -2.42. The molecular weight excluding hydrogens is 437 g/mol. The van der Waals surface area contributed by atoms with E-state index in [9.17, 15) is 0 Å². The van der Waals surface area contributed by atoms with Gasteiger partial charge in [-0.2, -0.15) is 0 Å². The number of rotatable bonds is 8. The molecule has 2 fully saturated rings. The van der Waals surface area contributed by atoms with Crippen molar-refractivity contribution >= 4 is 29.9 Å². The molecule has 1 saturated heterocycles. The van der Waals surface area contributed by atoms with Gasteiger partial charge in [0.15, 0.2) is 5.96 Å². The molecule has 0 aromatic heterocycles. The molecule has 0 amide bonds. The molecule has 1 aliphatic carbocycles. The van der Waals surface area contributed by atoms with E-state index in [0.717, 1.165) is 31.5 Å². The van der Waals surface area contributed by atoms with Gasteiger partial charge in [0.1, 0.15) is 0 Å². The van der Waals surface area contributed by atoms with E-state index in [0.29, 0.717) is 11.5 Å². The van der Waals surface area contributed by atoms with Gasteiger partial charge in [0, 0.05) is 51.9 Å². The normalized spacial score (nSPS) is 22.5. The van der Waals surface area contributed by atoms with Crippen molar-refractivity contribution < 1.29 is 0 Å². The predicted octanol–water partition coefficient (Wildman–Crippen LogP) is 3.01. The molecule has 1 aliphatic heterocycles. The Hall–Kier alpha value is -0.0800. The van der Waals surface area contributed by atoms with Gasteiger partial charge >= 0.3 is 0 Å². The van der Waals surface area contributed by atoms with E-state index in [1.165, 1.54) is 51.9 Å². The standard InChI is InChI=1S/C20H41N5.HI/c1-6-21-19(23-16-20(8-7-9-20)14-17(2)3)22-15-18(4)25-12-10-24(5)11-13-25;/h17-18H,6-16H2,1-5H3,(H2,21,22,23);1H. The quantitative estimate of drug-likeness (QED) is 0.319. The van der Waals surface area contributed by atoms with Crippen LogP contribution in [0.4, 0.5) is 0 Å². The van der Waals surface area contributed by atoms with Gasteiger partial charge in [-0.05, 0) is 51.5 Å². The van der Waals surface area contributed by atoms with E-state index in [2.05, 4.69) is 55.2 Å². The van der Waals surface area contributed by atoms with E-state index in [-0.39, 0.29) is 24.0 Å². The summed E-state index contributed by atoms with van der Waals surface area (Å²) < 4.78 is 0. The number of nitrogens with one attached hydrogen (secondary N) is 2. The Morgan fingerprint density at radius 3 is 2.23 bits per heavy atom. The summed E-state index contributed by atoms with van der Waals surface area (Å²) in [6, 6.07) is 0.547. The van der Waals surface area contributed by atoms with Crippen molar-refractivity contribution in [3.63, 3.8) is 0 Å². The molecule has 1 atom stereocenters. The minimum atomic E-state index is 0. The first kappa shape index (κ1) is 24.0. The molecule has 1 heterocycles. The fourth-order valence-electron chi connectivity index (χ4n) is 4.19. The summed E-state index contributed by atoms with van der Waals surface area (Å²) in [6.45, 7) is 16.7. The average Bonchev–Trinajstić information content (AvgIpc) is 2.54. The molecular formula is C20H42IN5. The summed E-state index contributed by atoms with van der Waals surface area (Å²) in [4.78, 5) is 9.96. The second kappa shape index (κ2) is 11.7. The molecule has 1 unspecified atom stereocenters. The maximum absolute atomic E-state index is 4.96. The molecule has 5 nitrogen and oxygen atoms in total. The van der Waals surface area contributed by atoms with Gasteiger partial charge in [0.2, 0.25) is 0 Å². The Balaban J connectivity index is 0.00000338. The predicted molar refractivity (Wildman–Crippen MR) is 124 cm³/mol. The number of nitrogens with zero attached hydrogens (tertiary/aromatic N) is 3. The van der Waals surface area contributed by atoms with Crippen molar-refractivity contribution in [3.8, 4) is 0 Å². The third-order valence-electron chi connectivity index (χ3n) is 5.90. The van der Waals surface area contributed by atoms with Gasteiger partial charge in [-0.3, -0.25) is 9.89 Å². The van der Waals surface area contributed by atoms with E-state index in [1.54, 1.807) is 0 Å². The van der Waals surface area contributed by atoms with Gasteiger partial charge in [-0.25, -0.2) is 0 Å². The first-order valence-corrected chi connectivity index (χ1v) is 10.4. The van der Waals surface area contributed by atoms with Gasteiger partial charge in [-0.15, -0.1) is 24.0 Å².